The second-order valence-corrected chi connectivity index (χ2v) is 9.25. The Kier molecular flexibility index (Phi) is 11.3. The van der Waals surface area contributed by atoms with E-state index >= 15 is 0 Å². The zero-order valence-corrected chi connectivity index (χ0v) is 24.1. The van der Waals surface area contributed by atoms with E-state index < -0.39 is 72.7 Å². The van der Waals surface area contributed by atoms with Crippen molar-refractivity contribution < 1.29 is 67.0 Å². The fraction of sp³-hybridized carbons (Fsp3) is 0.414. The largest absolute Gasteiger partial charge is 0.507 e. The van der Waals surface area contributed by atoms with E-state index in [1.807, 2.05) is 0 Å². The Morgan fingerprint density at radius 1 is 0.744 bits per heavy atom. The maximum atomic E-state index is 12.7. The van der Waals surface area contributed by atoms with E-state index in [0.717, 1.165) is 33.8 Å². The third kappa shape index (κ3) is 9.33. The standard InChI is InChI=1S/C29H32O14/c1-15(30)37-14-25-26(39-16(2)31)27(40-17(3)32)28(41-18(4)33)29(43-25)42-21-10-11-22(23(34)12-21)24(35)13-38-20-8-6-19(36-5)7-9-20/h6-12,25-29,34H,13-14H2,1-5H3/t25-,26-,27+,28-,29+/m0/s1. The average molecular weight is 605 g/mol. The minimum Gasteiger partial charge on any atom is -0.507 e. The van der Waals surface area contributed by atoms with E-state index in [2.05, 4.69) is 0 Å². The highest BCUT2D eigenvalue weighted by molar-refractivity contribution is 5.99. The maximum Gasteiger partial charge on any atom is 0.303 e. The fourth-order valence-electron chi connectivity index (χ4n) is 4.14. The molecule has 2 aromatic carbocycles. The molecule has 232 valence electrons. The summed E-state index contributed by atoms with van der Waals surface area (Å²) < 4.78 is 43.4. The van der Waals surface area contributed by atoms with E-state index in [1.54, 1.807) is 24.3 Å². The van der Waals surface area contributed by atoms with E-state index in [-0.39, 0.29) is 17.9 Å². The van der Waals surface area contributed by atoms with Crippen LogP contribution in [0.3, 0.4) is 0 Å². The molecule has 0 saturated carbocycles. The topological polar surface area (TPSA) is 179 Å². The van der Waals surface area contributed by atoms with Crippen LogP contribution in [0.2, 0.25) is 0 Å². The molecule has 14 nitrogen and oxygen atoms in total. The van der Waals surface area contributed by atoms with E-state index in [1.165, 1.54) is 19.2 Å². The fourth-order valence-corrected chi connectivity index (χ4v) is 4.14. The van der Waals surface area contributed by atoms with Crippen molar-refractivity contribution in [1.29, 1.82) is 0 Å². The number of aromatic hydroxyl groups is 1. The second kappa shape index (κ2) is 14.9. The first-order chi connectivity index (χ1) is 20.4. The van der Waals surface area contributed by atoms with Gasteiger partial charge in [0, 0.05) is 33.8 Å². The van der Waals surface area contributed by atoms with Gasteiger partial charge in [-0.1, -0.05) is 0 Å². The van der Waals surface area contributed by atoms with Crippen molar-refractivity contribution in [2.75, 3.05) is 20.3 Å². The van der Waals surface area contributed by atoms with E-state index in [4.69, 9.17) is 37.9 Å². The highest BCUT2D eigenvalue weighted by Crippen LogP contribution is 2.32. The van der Waals surface area contributed by atoms with Gasteiger partial charge in [-0.05, 0) is 36.4 Å². The van der Waals surface area contributed by atoms with Gasteiger partial charge < -0.3 is 43.0 Å². The Morgan fingerprint density at radius 2 is 1.30 bits per heavy atom. The van der Waals surface area contributed by atoms with Crippen LogP contribution in [-0.2, 0) is 42.9 Å². The molecule has 14 heteroatoms. The smallest absolute Gasteiger partial charge is 0.303 e. The van der Waals surface area contributed by atoms with Gasteiger partial charge >= 0.3 is 23.9 Å². The number of hydrogen-bond acceptors (Lipinski definition) is 14. The third-order valence-corrected chi connectivity index (χ3v) is 5.90. The van der Waals surface area contributed by atoms with Crippen molar-refractivity contribution in [1.82, 2.24) is 0 Å². The van der Waals surface area contributed by atoms with Crippen LogP contribution >= 0.6 is 0 Å². The molecule has 43 heavy (non-hydrogen) atoms. The third-order valence-electron chi connectivity index (χ3n) is 5.90. The number of phenolic OH excluding ortho intramolecular Hbond substituents is 1. The van der Waals surface area contributed by atoms with Crippen LogP contribution in [0.5, 0.6) is 23.0 Å². The molecule has 1 N–H and O–H groups in total. The maximum absolute atomic E-state index is 12.7. The molecule has 0 aliphatic carbocycles. The number of methoxy groups -OCH3 is 1. The summed E-state index contributed by atoms with van der Waals surface area (Å²) in [6.07, 6.45) is -7.00. The summed E-state index contributed by atoms with van der Waals surface area (Å²) in [7, 11) is 1.52. The lowest BCUT2D eigenvalue weighted by atomic mass is 9.98. The number of phenols is 1. The molecule has 1 aliphatic heterocycles. The number of hydrogen-bond donors (Lipinski definition) is 1. The molecule has 1 fully saturated rings. The summed E-state index contributed by atoms with van der Waals surface area (Å²) in [5.41, 5.74) is -0.0672. The number of benzene rings is 2. The number of ether oxygens (including phenoxy) is 8. The van der Waals surface area contributed by atoms with Crippen LogP contribution in [0.25, 0.3) is 0 Å². The van der Waals surface area contributed by atoms with Gasteiger partial charge in [-0.15, -0.1) is 0 Å². The van der Waals surface area contributed by atoms with Gasteiger partial charge in [0.25, 0.3) is 0 Å². The molecule has 1 aliphatic rings. The molecule has 0 bridgehead atoms. The zero-order chi connectivity index (χ0) is 31.7. The molecule has 2 aromatic rings. The van der Waals surface area contributed by atoms with Gasteiger partial charge in [0.05, 0.1) is 12.7 Å². The van der Waals surface area contributed by atoms with Crippen LogP contribution in [-0.4, -0.2) is 85.8 Å². The summed E-state index contributed by atoms with van der Waals surface area (Å²) in [6, 6.07) is 10.3. The number of esters is 4. The lowest BCUT2D eigenvalue weighted by Gasteiger charge is -2.43. The summed E-state index contributed by atoms with van der Waals surface area (Å²) in [4.78, 5) is 60.0. The minimum atomic E-state index is -1.51. The molecule has 3 rings (SSSR count). The quantitative estimate of drug-likeness (QED) is 0.211. The van der Waals surface area contributed by atoms with Crippen molar-refractivity contribution in [3.8, 4) is 23.0 Å². The summed E-state index contributed by atoms with van der Waals surface area (Å²) in [5, 5.41) is 10.6. The average Bonchev–Trinajstić information content (AvgIpc) is 2.93. The Balaban J connectivity index is 1.84. The van der Waals surface area contributed by atoms with Gasteiger partial charge in [0.2, 0.25) is 18.2 Å². The number of rotatable bonds is 12. The van der Waals surface area contributed by atoms with Crippen molar-refractivity contribution in [3.05, 3.63) is 48.0 Å². The molecule has 5 atom stereocenters. The predicted molar refractivity (Wildman–Crippen MR) is 144 cm³/mol. The molecule has 0 amide bonds. The van der Waals surface area contributed by atoms with Crippen molar-refractivity contribution in [2.24, 2.45) is 0 Å². The number of Topliss-reactive ketones (excluding diaryl/α,β-unsaturated/α-hetero) is 1. The van der Waals surface area contributed by atoms with Crippen molar-refractivity contribution >= 4 is 29.7 Å². The number of ketones is 1. The molecule has 0 radical (unpaired) electrons. The van der Waals surface area contributed by atoms with Crippen LogP contribution in [0.4, 0.5) is 0 Å². The highest BCUT2D eigenvalue weighted by atomic mass is 16.7. The number of carbonyl (C=O) groups is 5. The van der Waals surface area contributed by atoms with Gasteiger partial charge in [-0.25, -0.2) is 0 Å². The Hall–Kier alpha value is -4.85. The molecular weight excluding hydrogens is 572 g/mol. The zero-order valence-electron chi connectivity index (χ0n) is 24.1. The highest BCUT2D eigenvalue weighted by Gasteiger charge is 2.53. The Labute approximate surface area is 246 Å². The van der Waals surface area contributed by atoms with Crippen LogP contribution < -0.4 is 14.2 Å². The van der Waals surface area contributed by atoms with Gasteiger partial charge in [-0.3, -0.25) is 24.0 Å². The monoisotopic (exact) mass is 604 g/mol. The molecule has 0 unspecified atom stereocenters. The summed E-state index contributed by atoms with van der Waals surface area (Å²) >= 11 is 0. The molecule has 1 heterocycles. The van der Waals surface area contributed by atoms with Crippen molar-refractivity contribution in [3.63, 3.8) is 0 Å². The van der Waals surface area contributed by atoms with Crippen LogP contribution in [0.15, 0.2) is 42.5 Å². The van der Waals surface area contributed by atoms with Crippen LogP contribution in [0.1, 0.15) is 38.1 Å². The first kappa shape index (κ1) is 32.7. The molecule has 0 spiro atoms. The Bertz CT molecular complexity index is 1320. The van der Waals surface area contributed by atoms with Gasteiger partial charge in [0.15, 0.2) is 18.8 Å². The molecule has 0 aromatic heterocycles. The van der Waals surface area contributed by atoms with Crippen LogP contribution in [0, 0.1) is 0 Å². The summed E-state index contributed by atoms with van der Waals surface area (Å²) in [6.45, 7) is 3.62. The van der Waals surface area contributed by atoms with Crippen molar-refractivity contribution in [2.45, 2.75) is 58.4 Å². The Morgan fingerprint density at radius 3 is 1.86 bits per heavy atom. The molecular formula is C29H32O14. The second-order valence-electron chi connectivity index (χ2n) is 9.25. The normalized spacial score (nSPS) is 21.1. The van der Waals surface area contributed by atoms with Gasteiger partial charge in [0.1, 0.15) is 35.7 Å². The predicted octanol–water partition coefficient (Wildman–Crippen LogP) is 2.12. The first-order valence-electron chi connectivity index (χ1n) is 13.0. The lowest BCUT2D eigenvalue weighted by molar-refractivity contribution is -0.288. The number of carbonyl (C=O) groups excluding carboxylic acids is 5. The minimum absolute atomic E-state index is 0.0361. The van der Waals surface area contributed by atoms with Gasteiger partial charge in [-0.2, -0.15) is 0 Å². The molecule has 1 saturated heterocycles. The van der Waals surface area contributed by atoms with E-state index in [0.29, 0.717) is 11.5 Å². The summed E-state index contributed by atoms with van der Waals surface area (Å²) in [5.74, 6) is -3.05. The first-order valence-corrected chi connectivity index (χ1v) is 13.0. The van der Waals surface area contributed by atoms with E-state index in [9.17, 15) is 29.1 Å². The SMILES string of the molecule is COc1ccc(OCC(=O)c2ccc(O[C@@H]3O[C@@H](COC(C)=O)[C@H](OC(C)=O)[C@@H](OC(C)=O)[C@@H]3OC(C)=O)cc2O)cc1. The lowest BCUT2D eigenvalue weighted by Crippen LogP contribution is -2.63.